The third-order valence-corrected chi connectivity index (χ3v) is 7.51. The van der Waals surface area contributed by atoms with Crippen molar-refractivity contribution < 1.29 is 9.59 Å². The summed E-state index contributed by atoms with van der Waals surface area (Å²) >= 11 is 6.98. The zero-order valence-corrected chi connectivity index (χ0v) is 19.8. The fourth-order valence-corrected chi connectivity index (χ4v) is 5.50. The summed E-state index contributed by atoms with van der Waals surface area (Å²) < 4.78 is 2.25. The van der Waals surface area contributed by atoms with Crippen LogP contribution in [0.5, 0.6) is 0 Å². The molecule has 2 amide bonds. The monoisotopic (exact) mass is 462 g/mol. The van der Waals surface area contributed by atoms with E-state index in [0.717, 1.165) is 24.3 Å². The van der Waals surface area contributed by atoms with Crippen molar-refractivity contribution in [3.05, 3.63) is 22.3 Å². The first kappa shape index (κ1) is 22.2. The zero-order valence-electron chi connectivity index (χ0n) is 18.1. The van der Waals surface area contributed by atoms with Crippen molar-refractivity contribution in [1.29, 1.82) is 0 Å². The molecular weight excluding hydrogens is 432 g/mol. The molecule has 10 heteroatoms. The van der Waals surface area contributed by atoms with E-state index in [-0.39, 0.29) is 11.8 Å². The number of aromatic amines is 1. The van der Waals surface area contributed by atoms with Crippen molar-refractivity contribution in [2.75, 3.05) is 39.3 Å². The highest BCUT2D eigenvalue weighted by molar-refractivity contribution is 7.71. The molecule has 31 heavy (non-hydrogen) atoms. The molecule has 0 spiro atoms. The van der Waals surface area contributed by atoms with Gasteiger partial charge in [-0.25, -0.2) is 0 Å². The Morgan fingerprint density at radius 1 is 1.26 bits per heavy atom. The van der Waals surface area contributed by atoms with Gasteiger partial charge in [-0.2, -0.15) is 5.10 Å². The second-order valence-electron chi connectivity index (χ2n) is 8.41. The number of piperidine rings is 1. The van der Waals surface area contributed by atoms with Crippen LogP contribution in [0.25, 0.3) is 10.7 Å². The van der Waals surface area contributed by atoms with Gasteiger partial charge in [0.2, 0.25) is 11.8 Å². The van der Waals surface area contributed by atoms with E-state index in [9.17, 15) is 9.59 Å². The Bertz CT molecular complexity index is 961. The smallest absolute Gasteiger partial charge is 0.245 e. The molecule has 0 radical (unpaired) electrons. The zero-order chi connectivity index (χ0) is 22.0. The van der Waals surface area contributed by atoms with Crippen LogP contribution in [0, 0.1) is 4.77 Å². The molecule has 8 nitrogen and oxygen atoms in total. The topological polar surface area (TPSA) is 77.5 Å². The van der Waals surface area contributed by atoms with E-state index in [1.54, 1.807) is 15.9 Å². The normalized spacial score (nSPS) is 21.3. The van der Waals surface area contributed by atoms with Gasteiger partial charge >= 0.3 is 0 Å². The van der Waals surface area contributed by atoms with Crippen molar-refractivity contribution in [3.63, 3.8) is 0 Å². The second kappa shape index (κ2) is 9.62. The fourth-order valence-electron chi connectivity index (χ4n) is 4.50. The van der Waals surface area contributed by atoms with Crippen molar-refractivity contribution in [1.82, 2.24) is 29.5 Å². The summed E-state index contributed by atoms with van der Waals surface area (Å²) in [6, 6.07) is 3.83. The lowest BCUT2D eigenvalue weighted by Gasteiger charge is -2.38. The first-order valence-corrected chi connectivity index (χ1v) is 12.3. The molecule has 4 heterocycles. The van der Waals surface area contributed by atoms with Crippen molar-refractivity contribution in [2.24, 2.45) is 0 Å². The lowest BCUT2D eigenvalue weighted by molar-refractivity contribution is -0.138. The molecular formula is C21H30N6O2S2. The second-order valence-corrected chi connectivity index (χ2v) is 9.74. The van der Waals surface area contributed by atoms with Crippen LogP contribution in [0.2, 0.25) is 0 Å². The molecule has 2 aromatic rings. The Kier molecular flexibility index (Phi) is 6.88. The molecule has 2 aromatic heterocycles. The summed E-state index contributed by atoms with van der Waals surface area (Å²) in [5, 5.41) is 9.15. The summed E-state index contributed by atoms with van der Waals surface area (Å²) in [6.07, 6.45) is 3.40. The largest absolute Gasteiger partial charge is 0.339 e. The maximum Gasteiger partial charge on any atom is 0.245 e. The van der Waals surface area contributed by atoms with Crippen molar-refractivity contribution >= 4 is 35.4 Å². The van der Waals surface area contributed by atoms with Gasteiger partial charge in [0.1, 0.15) is 6.04 Å². The Balaban J connectivity index is 1.35. The Hall–Kier alpha value is -2.04. The fraction of sp³-hybridized carbons (Fsp3) is 0.619. The summed E-state index contributed by atoms with van der Waals surface area (Å²) in [4.78, 5) is 33.0. The Labute approximate surface area is 191 Å². The van der Waals surface area contributed by atoms with E-state index >= 15 is 0 Å². The number of rotatable bonds is 5. The molecule has 2 aliphatic rings. The molecule has 2 saturated heterocycles. The Morgan fingerprint density at radius 3 is 2.71 bits per heavy atom. The van der Waals surface area contributed by atoms with Crippen LogP contribution in [-0.2, 0) is 9.59 Å². The van der Waals surface area contributed by atoms with Crippen LogP contribution in [0.3, 0.4) is 0 Å². The lowest BCUT2D eigenvalue weighted by Crippen LogP contribution is -2.53. The summed E-state index contributed by atoms with van der Waals surface area (Å²) in [6.45, 7) is 7.98. The van der Waals surface area contributed by atoms with E-state index in [0.29, 0.717) is 49.4 Å². The molecule has 0 bridgehead atoms. The van der Waals surface area contributed by atoms with Gasteiger partial charge in [-0.1, -0.05) is 6.07 Å². The van der Waals surface area contributed by atoms with Gasteiger partial charge < -0.3 is 9.80 Å². The highest BCUT2D eigenvalue weighted by atomic mass is 32.1. The van der Waals surface area contributed by atoms with Gasteiger partial charge in [-0.3, -0.25) is 24.2 Å². The minimum absolute atomic E-state index is 0.0333. The molecule has 2 unspecified atom stereocenters. The van der Waals surface area contributed by atoms with E-state index in [1.807, 2.05) is 34.2 Å². The SMILES string of the molecule is CC1CCCCN1C(=O)CN1CCN(C(=O)C(C)n2c(-c3cccs3)n[nH]c2=S)CC1. The third kappa shape index (κ3) is 4.75. The molecule has 2 atom stereocenters. The third-order valence-electron chi connectivity index (χ3n) is 6.36. The molecule has 168 valence electrons. The minimum Gasteiger partial charge on any atom is -0.339 e. The first-order chi connectivity index (χ1) is 15.0. The van der Waals surface area contributed by atoms with Crippen LogP contribution < -0.4 is 0 Å². The number of hydrogen-bond donors (Lipinski definition) is 1. The number of H-pyrrole nitrogens is 1. The van der Waals surface area contributed by atoms with Crippen LogP contribution in [0.1, 0.15) is 39.2 Å². The van der Waals surface area contributed by atoms with E-state index in [4.69, 9.17) is 12.2 Å². The van der Waals surface area contributed by atoms with Gasteiger partial charge in [0.05, 0.1) is 11.4 Å². The van der Waals surface area contributed by atoms with Crippen LogP contribution in [0.4, 0.5) is 0 Å². The number of carbonyl (C=O) groups excluding carboxylic acids is 2. The summed E-state index contributed by atoms with van der Waals surface area (Å²) in [5.41, 5.74) is 0. The van der Waals surface area contributed by atoms with E-state index < -0.39 is 6.04 Å². The van der Waals surface area contributed by atoms with Crippen molar-refractivity contribution in [3.8, 4) is 10.7 Å². The van der Waals surface area contributed by atoms with Crippen LogP contribution >= 0.6 is 23.6 Å². The number of amides is 2. The predicted octanol–water partition coefficient (Wildman–Crippen LogP) is 2.78. The quantitative estimate of drug-likeness (QED) is 0.692. The number of hydrogen-bond acceptors (Lipinski definition) is 6. The number of thiophene rings is 1. The average molecular weight is 463 g/mol. The molecule has 1 N–H and O–H groups in total. The van der Waals surface area contributed by atoms with Gasteiger partial charge in [0.25, 0.3) is 0 Å². The van der Waals surface area contributed by atoms with Crippen LogP contribution in [-0.4, -0.2) is 86.6 Å². The highest BCUT2D eigenvalue weighted by Crippen LogP contribution is 2.26. The number of carbonyl (C=O) groups is 2. The molecule has 2 fully saturated rings. The molecule has 0 saturated carbocycles. The minimum atomic E-state index is -0.439. The lowest BCUT2D eigenvalue weighted by atomic mass is 10.0. The molecule has 0 aromatic carbocycles. The number of likely N-dealkylation sites (tertiary alicyclic amines) is 1. The van der Waals surface area contributed by atoms with Crippen molar-refractivity contribution in [2.45, 2.75) is 45.2 Å². The van der Waals surface area contributed by atoms with E-state index in [1.165, 1.54) is 6.42 Å². The number of nitrogens with one attached hydrogen (secondary N) is 1. The van der Waals surface area contributed by atoms with Gasteiger partial charge in [-0.15, -0.1) is 11.3 Å². The standard InChI is InChI=1S/C21H30N6O2S2/c1-15-6-3-4-8-26(15)18(28)14-24-9-11-25(12-10-24)20(29)16(2)27-19(22-23-21(27)30)17-7-5-13-31-17/h5,7,13,15-16H,3-4,6,8-12,14H2,1-2H3,(H,23,30). The number of piperazine rings is 1. The average Bonchev–Trinajstić information content (AvgIpc) is 3.43. The van der Waals surface area contributed by atoms with Gasteiger partial charge in [0, 0.05) is 38.8 Å². The van der Waals surface area contributed by atoms with Gasteiger partial charge in [-0.05, 0) is 56.8 Å². The predicted molar refractivity (Wildman–Crippen MR) is 123 cm³/mol. The van der Waals surface area contributed by atoms with Gasteiger partial charge in [0.15, 0.2) is 10.6 Å². The summed E-state index contributed by atoms with van der Waals surface area (Å²) in [7, 11) is 0. The molecule has 2 aliphatic heterocycles. The maximum absolute atomic E-state index is 13.2. The van der Waals surface area contributed by atoms with E-state index in [2.05, 4.69) is 22.0 Å². The summed E-state index contributed by atoms with van der Waals surface area (Å²) in [5.74, 6) is 0.942. The molecule has 0 aliphatic carbocycles. The number of nitrogens with zero attached hydrogens (tertiary/aromatic N) is 5. The number of aromatic nitrogens is 3. The van der Waals surface area contributed by atoms with Crippen LogP contribution in [0.15, 0.2) is 17.5 Å². The highest BCUT2D eigenvalue weighted by Gasteiger charge is 2.30. The Morgan fingerprint density at radius 2 is 2.03 bits per heavy atom. The first-order valence-electron chi connectivity index (χ1n) is 11.0. The maximum atomic E-state index is 13.2. The molecule has 4 rings (SSSR count).